The highest BCUT2D eigenvalue weighted by Crippen LogP contribution is 2.29. The standard InChI is InChI=1S/C24H26FN5O.C2H7N/c1-16(31)17-5-6-19(25)18(13-17)21-8-7-20(26)22(29-21)15-28-23-14-27-10-9-24(23)30-11-3-2-4-12-30;1-2-3/h5-10,13-14,28H,2-4,11-12,15,26H2,1H3;2-3H2,1H3. The maximum absolute atomic E-state index is 14.4. The zero-order chi connectivity index (χ0) is 24.5. The molecule has 1 aliphatic rings. The number of hydrogen-bond donors (Lipinski definition) is 3. The summed E-state index contributed by atoms with van der Waals surface area (Å²) in [6, 6.07) is 9.71. The molecule has 8 heteroatoms. The Bertz CT molecular complexity index is 1110. The van der Waals surface area contributed by atoms with Crippen LogP contribution in [0.4, 0.5) is 21.5 Å². The lowest BCUT2D eigenvalue weighted by atomic mass is 10.0. The van der Waals surface area contributed by atoms with Crippen molar-refractivity contribution in [2.75, 3.05) is 35.6 Å². The summed E-state index contributed by atoms with van der Waals surface area (Å²) in [6.45, 7) is 6.54. The molecule has 3 heterocycles. The fourth-order valence-corrected chi connectivity index (χ4v) is 3.86. The molecule has 1 saturated heterocycles. The second-order valence-corrected chi connectivity index (χ2v) is 8.19. The van der Waals surface area contributed by atoms with Crippen molar-refractivity contribution in [3.05, 3.63) is 65.9 Å². The third-order valence-electron chi connectivity index (χ3n) is 5.60. The van der Waals surface area contributed by atoms with Gasteiger partial charge in [0.15, 0.2) is 5.78 Å². The van der Waals surface area contributed by atoms with Gasteiger partial charge in [0.05, 0.1) is 41.2 Å². The number of nitrogens with two attached hydrogens (primary N) is 2. The van der Waals surface area contributed by atoms with Gasteiger partial charge in [-0.1, -0.05) is 6.92 Å². The molecule has 7 nitrogen and oxygen atoms in total. The van der Waals surface area contributed by atoms with E-state index in [0.29, 0.717) is 29.2 Å². The van der Waals surface area contributed by atoms with Crippen LogP contribution in [0.3, 0.4) is 0 Å². The van der Waals surface area contributed by atoms with Gasteiger partial charge in [-0.05, 0) is 69.1 Å². The molecule has 0 radical (unpaired) electrons. The number of benzene rings is 1. The minimum absolute atomic E-state index is 0.125. The maximum atomic E-state index is 14.4. The lowest BCUT2D eigenvalue weighted by Crippen LogP contribution is -2.30. The van der Waals surface area contributed by atoms with Crippen molar-refractivity contribution in [3.8, 4) is 11.3 Å². The first-order chi connectivity index (χ1) is 16.4. The van der Waals surface area contributed by atoms with E-state index < -0.39 is 5.82 Å². The molecule has 5 N–H and O–H groups in total. The van der Waals surface area contributed by atoms with E-state index in [-0.39, 0.29) is 11.3 Å². The number of nitrogen functional groups attached to an aromatic ring is 1. The molecule has 0 amide bonds. The second-order valence-electron chi connectivity index (χ2n) is 8.19. The number of anilines is 3. The van der Waals surface area contributed by atoms with Gasteiger partial charge in [-0.3, -0.25) is 9.78 Å². The van der Waals surface area contributed by atoms with Crippen LogP contribution in [-0.4, -0.2) is 35.4 Å². The Labute approximate surface area is 200 Å². The molecular weight excluding hydrogens is 431 g/mol. The summed E-state index contributed by atoms with van der Waals surface area (Å²) in [7, 11) is 0. The molecule has 2 aromatic heterocycles. The van der Waals surface area contributed by atoms with Crippen LogP contribution in [0, 0.1) is 5.82 Å². The van der Waals surface area contributed by atoms with Crippen LogP contribution in [0.5, 0.6) is 0 Å². The molecule has 4 rings (SSSR count). The van der Waals surface area contributed by atoms with Crippen LogP contribution in [0.15, 0.2) is 48.8 Å². The molecule has 0 spiro atoms. The minimum atomic E-state index is -0.430. The first-order valence-electron chi connectivity index (χ1n) is 11.6. The molecule has 0 saturated carbocycles. The van der Waals surface area contributed by atoms with Crippen LogP contribution >= 0.6 is 0 Å². The Balaban J connectivity index is 0.00000103. The number of pyridine rings is 2. The molecule has 1 aromatic carbocycles. The summed E-state index contributed by atoms with van der Waals surface area (Å²) in [6.07, 6.45) is 7.23. The van der Waals surface area contributed by atoms with Gasteiger partial charge in [-0.2, -0.15) is 0 Å². The van der Waals surface area contributed by atoms with Crippen molar-refractivity contribution in [2.45, 2.75) is 39.7 Å². The zero-order valence-corrected chi connectivity index (χ0v) is 19.9. The van der Waals surface area contributed by atoms with E-state index in [0.717, 1.165) is 31.0 Å². The molecular formula is C26H33FN6O. The van der Waals surface area contributed by atoms with Gasteiger partial charge < -0.3 is 21.7 Å². The highest BCUT2D eigenvalue weighted by molar-refractivity contribution is 5.95. The summed E-state index contributed by atoms with van der Waals surface area (Å²) in [5, 5.41) is 3.40. The number of rotatable bonds is 6. The fourth-order valence-electron chi connectivity index (χ4n) is 3.86. The normalized spacial score (nSPS) is 13.1. The highest BCUT2D eigenvalue weighted by Gasteiger charge is 2.16. The number of hydrogen-bond acceptors (Lipinski definition) is 7. The smallest absolute Gasteiger partial charge is 0.159 e. The van der Waals surface area contributed by atoms with E-state index in [1.165, 1.54) is 44.4 Å². The van der Waals surface area contributed by atoms with Crippen LogP contribution in [0.25, 0.3) is 11.3 Å². The third-order valence-corrected chi connectivity index (χ3v) is 5.60. The van der Waals surface area contributed by atoms with Crippen molar-refractivity contribution in [1.29, 1.82) is 0 Å². The van der Waals surface area contributed by atoms with Gasteiger partial charge >= 0.3 is 0 Å². The van der Waals surface area contributed by atoms with Gasteiger partial charge in [-0.25, -0.2) is 9.37 Å². The van der Waals surface area contributed by atoms with Crippen molar-refractivity contribution in [2.24, 2.45) is 5.73 Å². The topological polar surface area (TPSA) is 110 Å². The summed E-state index contributed by atoms with van der Waals surface area (Å²) < 4.78 is 14.4. The Morgan fingerprint density at radius 1 is 1.15 bits per heavy atom. The summed E-state index contributed by atoms with van der Waals surface area (Å²) in [4.78, 5) is 22.9. The van der Waals surface area contributed by atoms with Crippen molar-refractivity contribution in [1.82, 2.24) is 9.97 Å². The number of nitrogens with zero attached hydrogens (tertiary/aromatic N) is 3. The number of halogens is 1. The number of Topliss-reactive ketones (excluding diaryl/α,β-unsaturated/α-hetero) is 1. The minimum Gasteiger partial charge on any atom is -0.397 e. The molecule has 1 aliphatic heterocycles. The molecule has 3 aromatic rings. The quantitative estimate of drug-likeness (QED) is 0.456. The Hall–Kier alpha value is -3.52. The van der Waals surface area contributed by atoms with E-state index in [2.05, 4.69) is 20.2 Å². The molecule has 0 atom stereocenters. The van der Waals surface area contributed by atoms with Gasteiger partial charge in [-0.15, -0.1) is 0 Å². The summed E-state index contributed by atoms with van der Waals surface area (Å²) in [5.74, 6) is -0.554. The number of aromatic nitrogens is 2. The van der Waals surface area contributed by atoms with Gasteiger partial charge in [0.2, 0.25) is 0 Å². The number of carbonyl (C=O) groups is 1. The maximum Gasteiger partial charge on any atom is 0.159 e. The molecule has 0 bridgehead atoms. The zero-order valence-electron chi connectivity index (χ0n) is 19.9. The van der Waals surface area contributed by atoms with Gasteiger partial charge in [0, 0.05) is 30.4 Å². The highest BCUT2D eigenvalue weighted by atomic mass is 19.1. The SMILES string of the molecule is CC(=O)c1ccc(F)c(-c2ccc(N)c(CNc3cnccc3N3CCCCC3)n2)c1.CCN. The van der Waals surface area contributed by atoms with E-state index >= 15 is 0 Å². The molecule has 0 unspecified atom stereocenters. The molecule has 1 fully saturated rings. The second kappa shape index (κ2) is 12.1. The third kappa shape index (κ3) is 6.29. The van der Waals surface area contributed by atoms with Crippen molar-refractivity contribution >= 4 is 22.8 Å². The van der Waals surface area contributed by atoms with Crippen LogP contribution < -0.4 is 21.7 Å². The van der Waals surface area contributed by atoms with Gasteiger partial charge in [0.1, 0.15) is 5.82 Å². The monoisotopic (exact) mass is 464 g/mol. The first kappa shape index (κ1) is 25.1. The Kier molecular flexibility index (Phi) is 8.93. The van der Waals surface area contributed by atoms with E-state index in [9.17, 15) is 9.18 Å². The predicted molar refractivity (Wildman–Crippen MR) is 136 cm³/mol. The van der Waals surface area contributed by atoms with Crippen LogP contribution in [-0.2, 0) is 6.54 Å². The lowest BCUT2D eigenvalue weighted by Gasteiger charge is -2.30. The van der Waals surface area contributed by atoms with E-state index in [1.807, 2.05) is 13.0 Å². The van der Waals surface area contributed by atoms with Crippen molar-refractivity contribution in [3.63, 3.8) is 0 Å². The van der Waals surface area contributed by atoms with E-state index in [1.54, 1.807) is 24.5 Å². The Morgan fingerprint density at radius 3 is 2.59 bits per heavy atom. The summed E-state index contributed by atoms with van der Waals surface area (Å²) >= 11 is 0. The number of ketones is 1. The number of carbonyl (C=O) groups excluding carboxylic acids is 1. The number of nitrogens with one attached hydrogen (secondary N) is 1. The Morgan fingerprint density at radius 2 is 1.88 bits per heavy atom. The van der Waals surface area contributed by atoms with Gasteiger partial charge in [0.25, 0.3) is 0 Å². The number of piperidine rings is 1. The van der Waals surface area contributed by atoms with Crippen LogP contribution in [0.2, 0.25) is 0 Å². The summed E-state index contributed by atoms with van der Waals surface area (Å²) in [5.41, 5.74) is 15.3. The van der Waals surface area contributed by atoms with Crippen molar-refractivity contribution < 1.29 is 9.18 Å². The first-order valence-corrected chi connectivity index (χ1v) is 11.6. The molecule has 180 valence electrons. The average molecular weight is 465 g/mol. The average Bonchev–Trinajstić information content (AvgIpc) is 2.85. The largest absolute Gasteiger partial charge is 0.397 e. The van der Waals surface area contributed by atoms with E-state index in [4.69, 9.17) is 11.5 Å². The predicted octanol–water partition coefficient (Wildman–Crippen LogP) is 4.63. The molecule has 0 aliphatic carbocycles. The molecule has 34 heavy (non-hydrogen) atoms. The fraction of sp³-hybridized carbons (Fsp3) is 0.346. The van der Waals surface area contributed by atoms with Crippen LogP contribution in [0.1, 0.15) is 49.2 Å². The lowest BCUT2D eigenvalue weighted by molar-refractivity contribution is 0.101.